The second kappa shape index (κ2) is 3.76. The molecule has 0 aromatic heterocycles. The molecule has 1 aliphatic rings. The normalized spacial score (nSPS) is 16.6. The summed E-state index contributed by atoms with van der Waals surface area (Å²) in [6.45, 7) is 8.91. The van der Waals surface area contributed by atoms with Gasteiger partial charge in [0.2, 0.25) is 0 Å². The van der Waals surface area contributed by atoms with Crippen LogP contribution in [0.1, 0.15) is 24.5 Å². The molecule has 0 atom stereocenters. The number of aryl methyl sites for hydroxylation is 2. The number of nitrogens with two attached hydrogens (primary N) is 1. The number of nitrogens with zero attached hydrogens (tertiary/aromatic N) is 1. The van der Waals surface area contributed by atoms with Crippen LogP contribution in [0.3, 0.4) is 0 Å². The van der Waals surface area contributed by atoms with E-state index in [1.807, 2.05) is 0 Å². The molecule has 1 aliphatic heterocycles. The zero-order chi connectivity index (χ0) is 11.0. The largest absolute Gasteiger partial charge is 0.399 e. The van der Waals surface area contributed by atoms with Gasteiger partial charge in [-0.2, -0.15) is 0 Å². The number of hydrogen-bond donors (Lipinski definition) is 1. The summed E-state index contributed by atoms with van der Waals surface area (Å²) in [5, 5.41) is 0. The summed E-state index contributed by atoms with van der Waals surface area (Å²) in [6.07, 6.45) is 1.30. The lowest BCUT2D eigenvalue weighted by molar-refractivity contribution is 0.398. The van der Waals surface area contributed by atoms with Crippen molar-refractivity contribution in [3.05, 3.63) is 23.3 Å². The average molecular weight is 204 g/mol. The van der Waals surface area contributed by atoms with Gasteiger partial charge in [0, 0.05) is 24.5 Å². The fourth-order valence-electron chi connectivity index (χ4n) is 2.19. The Balaban J connectivity index is 2.19. The fraction of sp³-hybridized carbons (Fsp3) is 0.538. The molecule has 2 nitrogen and oxygen atoms in total. The van der Waals surface area contributed by atoms with Gasteiger partial charge in [0.15, 0.2) is 0 Å². The van der Waals surface area contributed by atoms with Gasteiger partial charge in [-0.05, 0) is 49.4 Å². The first-order valence-corrected chi connectivity index (χ1v) is 5.73. The predicted octanol–water partition coefficient (Wildman–Crippen LogP) is 2.73. The zero-order valence-electron chi connectivity index (χ0n) is 9.88. The molecule has 2 rings (SSSR count). The first-order valence-electron chi connectivity index (χ1n) is 5.73. The lowest BCUT2D eigenvalue weighted by atomic mass is 9.95. The van der Waals surface area contributed by atoms with Crippen LogP contribution in [0.25, 0.3) is 0 Å². The molecule has 1 fully saturated rings. The van der Waals surface area contributed by atoms with E-state index in [1.54, 1.807) is 0 Å². The van der Waals surface area contributed by atoms with Gasteiger partial charge < -0.3 is 10.6 Å². The van der Waals surface area contributed by atoms with E-state index in [0.29, 0.717) is 0 Å². The Labute approximate surface area is 92.1 Å². The van der Waals surface area contributed by atoms with Gasteiger partial charge in [0.05, 0.1) is 0 Å². The lowest BCUT2D eigenvalue weighted by Gasteiger charge is -2.41. The van der Waals surface area contributed by atoms with Crippen LogP contribution in [0.4, 0.5) is 11.4 Å². The molecule has 0 unspecified atom stereocenters. The van der Waals surface area contributed by atoms with Crippen LogP contribution in [0.15, 0.2) is 12.1 Å². The maximum Gasteiger partial charge on any atom is 0.0400 e. The minimum atomic E-state index is 0.891. The van der Waals surface area contributed by atoms with Crippen molar-refractivity contribution in [1.82, 2.24) is 0 Å². The quantitative estimate of drug-likeness (QED) is 0.750. The predicted molar refractivity (Wildman–Crippen MR) is 66.3 cm³/mol. The molecule has 0 bridgehead atoms. The molecule has 15 heavy (non-hydrogen) atoms. The van der Waals surface area contributed by atoms with E-state index in [0.717, 1.165) is 11.6 Å². The number of hydrogen-bond acceptors (Lipinski definition) is 2. The molecule has 1 saturated heterocycles. The highest BCUT2D eigenvalue weighted by Gasteiger charge is 2.26. The summed E-state index contributed by atoms with van der Waals surface area (Å²) in [6, 6.07) is 4.31. The van der Waals surface area contributed by atoms with Crippen molar-refractivity contribution < 1.29 is 0 Å². The summed E-state index contributed by atoms with van der Waals surface area (Å²) in [5.41, 5.74) is 10.6. The van der Waals surface area contributed by atoms with Crippen LogP contribution >= 0.6 is 0 Å². The molecule has 0 saturated carbocycles. The van der Waals surface area contributed by atoms with E-state index in [1.165, 1.54) is 36.3 Å². The van der Waals surface area contributed by atoms with E-state index in [9.17, 15) is 0 Å². The van der Waals surface area contributed by atoms with Crippen LogP contribution < -0.4 is 10.6 Å². The third-order valence-electron chi connectivity index (χ3n) is 3.46. The molecule has 1 heterocycles. The lowest BCUT2D eigenvalue weighted by Crippen LogP contribution is -2.46. The Kier molecular flexibility index (Phi) is 2.59. The van der Waals surface area contributed by atoms with E-state index in [-0.39, 0.29) is 0 Å². The standard InChI is InChI=1S/C13H20N2/c1-4-11-7-15(8-11)13-6-9(2)12(14)5-10(13)3/h5-6,11H,4,7-8,14H2,1-3H3. The average Bonchev–Trinajstić information content (AvgIpc) is 2.12. The van der Waals surface area contributed by atoms with Crippen LogP contribution in [0, 0.1) is 19.8 Å². The summed E-state index contributed by atoms with van der Waals surface area (Å²) >= 11 is 0. The molecule has 2 heteroatoms. The highest BCUT2D eigenvalue weighted by molar-refractivity contribution is 5.64. The monoisotopic (exact) mass is 204 g/mol. The smallest absolute Gasteiger partial charge is 0.0400 e. The number of nitrogen functional groups attached to an aromatic ring is 1. The van der Waals surface area contributed by atoms with Gasteiger partial charge in [0.1, 0.15) is 0 Å². The van der Waals surface area contributed by atoms with Crippen molar-refractivity contribution in [2.45, 2.75) is 27.2 Å². The van der Waals surface area contributed by atoms with Crippen LogP contribution in [-0.2, 0) is 0 Å². The van der Waals surface area contributed by atoms with E-state index < -0.39 is 0 Å². The Morgan fingerprint density at radius 1 is 1.27 bits per heavy atom. The topological polar surface area (TPSA) is 29.3 Å². The molecule has 1 aromatic rings. The molecule has 0 aliphatic carbocycles. The van der Waals surface area contributed by atoms with Gasteiger partial charge in [-0.25, -0.2) is 0 Å². The molecule has 2 N–H and O–H groups in total. The molecule has 0 amide bonds. The fourth-order valence-corrected chi connectivity index (χ4v) is 2.19. The molecule has 0 spiro atoms. The second-order valence-electron chi connectivity index (χ2n) is 4.67. The van der Waals surface area contributed by atoms with Crippen LogP contribution in [0.2, 0.25) is 0 Å². The molecule has 82 valence electrons. The Morgan fingerprint density at radius 2 is 1.93 bits per heavy atom. The van der Waals surface area contributed by atoms with Crippen molar-refractivity contribution in [3.63, 3.8) is 0 Å². The van der Waals surface area contributed by atoms with E-state index in [4.69, 9.17) is 5.73 Å². The van der Waals surface area contributed by atoms with Gasteiger partial charge in [-0.1, -0.05) is 6.92 Å². The second-order valence-corrected chi connectivity index (χ2v) is 4.67. The maximum absolute atomic E-state index is 5.88. The zero-order valence-corrected chi connectivity index (χ0v) is 9.88. The van der Waals surface area contributed by atoms with Crippen LogP contribution in [-0.4, -0.2) is 13.1 Å². The highest BCUT2D eigenvalue weighted by atomic mass is 15.2. The minimum Gasteiger partial charge on any atom is -0.399 e. The molecule has 1 aromatic carbocycles. The van der Waals surface area contributed by atoms with Crippen molar-refractivity contribution >= 4 is 11.4 Å². The summed E-state index contributed by atoms with van der Waals surface area (Å²) in [5.74, 6) is 0.891. The molecule has 0 radical (unpaired) electrons. The van der Waals surface area contributed by atoms with Crippen molar-refractivity contribution in [1.29, 1.82) is 0 Å². The summed E-state index contributed by atoms with van der Waals surface area (Å²) in [7, 11) is 0. The number of rotatable bonds is 2. The Morgan fingerprint density at radius 3 is 2.53 bits per heavy atom. The van der Waals surface area contributed by atoms with E-state index in [2.05, 4.69) is 37.8 Å². The number of benzene rings is 1. The molecular formula is C13H20N2. The summed E-state index contributed by atoms with van der Waals surface area (Å²) < 4.78 is 0. The van der Waals surface area contributed by atoms with E-state index >= 15 is 0 Å². The van der Waals surface area contributed by atoms with Crippen molar-refractivity contribution in [2.75, 3.05) is 23.7 Å². The third kappa shape index (κ3) is 1.81. The van der Waals surface area contributed by atoms with Gasteiger partial charge >= 0.3 is 0 Å². The van der Waals surface area contributed by atoms with Crippen molar-refractivity contribution in [2.24, 2.45) is 5.92 Å². The Hall–Kier alpha value is -1.18. The van der Waals surface area contributed by atoms with Crippen molar-refractivity contribution in [3.8, 4) is 0 Å². The maximum atomic E-state index is 5.88. The highest BCUT2D eigenvalue weighted by Crippen LogP contribution is 2.31. The SMILES string of the molecule is CCC1CN(c2cc(C)c(N)cc2C)C1. The first kappa shape index (κ1) is 10.3. The van der Waals surface area contributed by atoms with Crippen LogP contribution in [0.5, 0.6) is 0 Å². The first-order chi connectivity index (χ1) is 7.11. The summed E-state index contributed by atoms with van der Waals surface area (Å²) in [4.78, 5) is 2.45. The third-order valence-corrected chi connectivity index (χ3v) is 3.46. The number of anilines is 2. The molecular weight excluding hydrogens is 184 g/mol. The minimum absolute atomic E-state index is 0.891. The van der Waals surface area contributed by atoms with Gasteiger partial charge in [-0.3, -0.25) is 0 Å². The Bertz CT molecular complexity index is 365. The van der Waals surface area contributed by atoms with Gasteiger partial charge in [-0.15, -0.1) is 0 Å². The van der Waals surface area contributed by atoms with Gasteiger partial charge in [0.25, 0.3) is 0 Å².